The molecule has 0 aliphatic rings. The van der Waals surface area contributed by atoms with E-state index in [-0.39, 0.29) is 37.3 Å². The molecule has 8 heteroatoms. The van der Waals surface area contributed by atoms with Gasteiger partial charge in [-0.2, -0.15) is 0 Å². The smallest absolute Gasteiger partial charge is 0.0806 e. The van der Waals surface area contributed by atoms with E-state index in [0.717, 1.165) is 51.7 Å². The molecule has 0 aromatic carbocycles. The summed E-state index contributed by atoms with van der Waals surface area (Å²) in [4.78, 5) is 0. The quantitative estimate of drug-likeness (QED) is 0.137. The van der Waals surface area contributed by atoms with Crippen LogP contribution in [0.2, 0.25) is 0 Å². The van der Waals surface area contributed by atoms with Gasteiger partial charge in [0.25, 0.3) is 0 Å². The van der Waals surface area contributed by atoms with E-state index in [9.17, 15) is 0 Å². The van der Waals surface area contributed by atoms with Crippen LogP contribution in [-0.2, 0) is 18.9 Å². The van der Waals surface area contributed by atoms with Crippen LogP contribution in [0.25, 0.3) is 0 Å². The van der Waals surface area contributed by atoms with Gasteiger partial charge in [0, 0.05) is 36.8 Å². The predicted molar refractivity (Wildman–Crippen MR) is 152 cm³/mol. The number of ether oxygens (including phenoxy) is 4. The first-order chi connectivity index (χ1) is 17.4. The fourth-order valence-corrected chi connectivity index (χ4v) is 3.60. The molecule has 2 N–H and O–H groups in total. The number of halogens is 2. The van der Waals surface area contributed by atoms with Gasteiger partial charge >= 0.3 is 0 Å². The molecule has 0 saturated heterocycles. The predicted octanol–water partition coefficient (Wildman–Crippen LogP) is 6.16. The normalized spacial score (nSPS) is 16.5. The highest BCUT2D eigenvalue weighted by Gasteiger charge is 2.14. The molecule has 6 atom stereocenters. The van der Waals surface area contributed by atoms with E-state index >= 15 is 0 Å². The van der Waals surface area contributed by atoms with Crippen molar-refractivity contribution in [3.8, 4) is 0 Å². The second-order valence-electron chi connectivity index (χ2n) is 9.57. The summed E-state index contributed by atoms with van der Waals surface area (Å²) >= 11 is 11.7. The van der Waals surface area contributed by atoms with Crippen molar-refractivity contribution in [2.45, 2.75) is 92.3 Å². The second kappa shape index (κ2) is 28.4. The Balaban J connectivity index is 0. The summed E-state index contributed by atoms with van der Waals surface area (Å²) in [6.45, 7) is 16.8. The highest BCUT2D eigenvalue weighted by Crippen LogP contribution is 2.11. The van der Waals surface area contributed by atoms with Gasteiger partial charge in [-0.05, 0) is 50.4 Å². The molecule has 0 rings (SSSR count). The van der Waals surface area contributed by atoms with Crippen LogP contribution in [0.15, 0.2) is 0 Å². The van der Waals surface area contributed by atoms with Crippen molar-refractivity contribution in [1.82, 2.24) is 0 Å². The maximum absolute atomic E-state index is 9.09. The van der Waals surface area contributed by atoms with Crippen molar-refractivity contribution in [1.29, 1.82) is 0 Å². The van der Waals surface area contributed by atoms with E-state index in [1.54, 1.807) is 0 Å². The molecule has 0 fully saturated rings. The van der Waals surface area contributed by atoms with Crippen LogP contribution in [-0.4, -0.2) is 87.0 Å². The van der Waals surface area contributed by atoms with Crippen LogP contribution in [0.5, 0.6) is 0 Å². The zero-order chi connectivity index (χ0) is 27.6. The van der Waals surface area contributed by atoms with Crippen LogP contribution in [0, 0.1) is 23.7 Å². The third-order valence-corrected chi connectivity index (χ3v) is 7.50. The first kappa shape index (κ1) is 38.5. The number of aliphatic hydroxyl groups excluding tert-OH is 2. The number of aliphatic hydroxyl groups is 2. The van der Waals surface area contributed by atoms with Gasteiger partial charge in [-0.25, -0.2) is 0 Å². The SMILES string of the molecule is CCC(CCl)COCC(CC)OCC(CC)CCl.CCC(CO)COCC(CC)OCC(CC)CO. The van der Waals surface area contributed by atoms with Gasteiger partial charge in [-0.15, -0.1) is 23.2 Å². The Kier molecular flexibility index (Phi) is 30.3. The fourth-order valence-electron chi connectivity index (χ4n) is 2.99. The van der Waals surface area contributed by atoms with Crippen molar-refractivity contribution in [3.05, 3.63) is 0 Å². The Labute approximate surface area is 232 Å². The molecule has 6 unspecified atom stereocenters. The summed E-state index contributed by atoms with van der Waals surface area (Å²) in [6.07, 6.45) is 6.11. The largest absolute Gasteiger partial charge is 0.396 e. The molecule has 0 heterocycles. The summed E-state index contributed by atoms with van der Waals surface area (Å²) in [5, 5.41) is 18.1. The molecule has 220 valence electrons. The van der Waals surface area contributed by atoms with Crippen molar-refractivity contribution in [2.24, 2.45) is 23.7 Å². The van der Waals surface area contributed by atoms with Crippen molar-refractivity contribution in [2.75, 3.05) is 64.6 Å². The lowest BCUT2D eigenvalue weighted by molar-refractivity contribution is -0.0464. The highest BCUT2D eigenvalue weighted by atomic mass is 35.5. The molecule has 0 bridgehead atoms. The van der Waals surface area contributed by atoms with Gasteiger partial charge in [0.05, 0.1) is 51.8 Å². The van der Waals surface area contributed by atoms with Gasteiger partial charge < -0.3 is 29.2 Å². The van der Waals surface area contributed by atoms with Crippen LogP contribution < -0.4 is 0 Å². The Bertz CT molecular complexity index is 379. The van der Waals surface area contributed by atoms with Crippen molar-refractivity contribution >= 4 is 23.2 Å². The zero-order valence-corrected chi connectivity index (χ0v) is 25.6. The molecule has 0 spiro atoms. The molecule has 0 aromatic heterocycles. The maximum atomic E-state index is 9.09. The molecule has 0 aliphatic heterocycles. The number of hydrogen-bond donors (Lipinski definition) is 2. The molecule has 0 amide bonds. The fraction of sp³-hybridized carbons (Fsp3) is 1.00. The molecule has 0 saturated carbocycles. The molecular weight excluding hydrogens is 503 g/mol. The topological polar surface area (TPSA) is 77.4 Å². The van der Waals surface area contributed by atoms with E-state index in [4.69, 9.17) is 52.4 Å². The summed E-state index contributed by atoms with van der Waals surface area (Å²) in [5.74, 6) is 2.68. The molecule has 36 heavy (non-hydrogen) atoms. The number of alkyl halides is 2. The molecule has 6 nitrogen and oxygen atoms in total. The third-order valence-electron chi connectivity index (χ3n) is 6.62. The Morgan fingerprint density at radius 2 is 0.806 bits per heavy atom. The van der Waals surface area contributed by atoms with E-state index < -0.39 is 0 Å². The minimum Gasteiger partial charge on any atom is -0.396 e. The van der Waals surface area contributed by atoms with Crippen LogP contribution in [0.4, 0.5) is 0 Å². The highest BCUT2D eigenvalue weighted by molar-refractivity contribution is 6.18. The van der Waals surface area contributed by atoms with Gasteiger partial charge in [-0.1, -0.05) is 41.5 Å². The standard InChI is InChI=1S/C14H28Cl2O2.C14H30O4/c2*1-4-12(7-15)9-17-11-14(6-3)18-10-13(5-2)8-16/h12-14H,4-11H2,1-3H3;12-16H,4-11H2,1-3H3. The van der Waals surface area contributed by atoms with Gasteiger partial charge in [0.15, 0.2) is 0 Å². The number of hydrogen-bond acceptors (Lipinski definition) is 6. The van der Waals surface area contributed by atoms with Gasteiger partial charge in [0.2, 0.25) is 0 Å². The maximum Gasteiger partial charge on any atom is 0.0806 e. The molecular formula is C28H58Cl2O6. The van der Waals surface area contributed by atoms with Crippen LogP contribution >= 0.6 is 23.2 Å². The zero-order valence-electron chi connectivity index (χ0n) is 24.1. The summed E-state index contributed by atoms with van der Waals surface area (Å²) < 4.78 is 22.8. The lowest BCUT2D eigenvalue weighted by Crippen LogP contribution is -2.25. The summed E-state index contributed by atoms with van der Waals surface area (Å²) in [5.41, 5.74) is 0. The Morgan fingerprint density at radius 1 is 0.472 bits per heavy atom. The first-order valence-corrected chi connectivity index (χ1v) is 15.2. The Hall–Kier alpha value is 0.340. The number of rotatable bonds is 24. The first-order valence-electron chi connectivity index (χ1n) is 14.1. The Morgan fingerprint density at radius 3 is 1.14 bits per heavy atom. The van der Waals surface area contributed by atoms with Crippen molar-refractivity contribution < 1.29 is 29.2 Å². The van der Waals surface area contributed by atoms with E-state index in [1.807, 2.05) is 6.92 Å². The van der Waals surface area contributed by atoms with Gasteiger partial charge in [-0.3, -0.25) is 0 Å². The van der Waals surface area contributed by atoms with Crippen LogP contribution in [0.1, 0.15) is 80.1 Å². The average molecular weight is 562 g/mol. The minimum atomic E-state index is 0.0850. The lowest BCUT2D eigenvalue weighted by atomic mass is 10.1. The molecule has 0 aliphatic carbocycles. The third kappa shape index (κ3) is 21.3. The summed E-state index contributed by atoms with van der Waals surface area (Å²) in [7, 11) is 0. The molecule has 0 radical (unpaired) electrons. The minimum absolute atomic E-state index is 0.0850. The molecule has 0 aromatic rings. The average Bonchev–Trinajstić information content (AvgIpc) is 2.92. The van der Waals surface area contributed by atoms with Gasteiger partial charge in [0.1, 0.15) is 0 Å². The van der Waals surface area contributed by atoms with E-state index in [0.29, 0.717) is 50.0 Å². The van der Waals surface area contributed by atoms with Crippen LogP contribution in [0.3, 0.4) is 0 Å². The van der Waals surface area contributed by atoms with E-state index in [1.165, 1.54) is 0 Å². The van der Waals surface area contributed by atoms with E-state index in [2.05, 4.69) is 34.6 Å². The lowest BCUT2D eigenvalue weighted by Gasteiger charge is -2.20. The monoisotopic (exact) mass is 560 g/mol. The van der Waals surface area contributed by atoms with Crippen molar-refractivity contribution in [3.63, 3.8) is 0 Å². The second-order valence-corrected chi connectivity index (χ2v) is 10.2. The summed E-state index contributed by atoms with van der Waals surface area (Å²) in [6, 6.07) is 0.